The number of carbonyl (C=O) groups is 1. The zero-order chi connectivity index (χ0) is 35.7. The number of aryl methyl sites for hydroxylation is 1. The number of aromatic nitrogens is 2. The van der Waals surface area contributed by atoms with Crippen molar-refractivity contribution < 1.29 is 38.5 Å². The van der Waals surface area contributed by atoms with Crippen molar-refractivity contribution in [1.29, 1.82) is 0 Å². The van der Waals surface area contributed by atoms with Crippen molar-refractivity contribution in [3.8, 4) is 22.4 Å². The summed E-state index contributed by atoms with van der Waals surface area (Å²) in [5.74, 6) is 0.195. The SMILES string of the molecule is CCC(C)(C)C(=O)/C=C(\O)C(C)(C)CC.[2H]C([2H])([2H])c1ccc2c(n1)oc1c(-c3ccc(-c4cccc(C(C)(C)C)c4)cn3)[c-]ccc12.[Ir]. The average molecular weight is 799 g/mol. The third-order valence-corrected chi connectivity index (χ3v) is 8.78. The number of ketones is 1. The molecular weight excluding hydrogens is 749 g/mol. The van der Waals surface area contributed by atoms with E-state index in [0.717, 1.165) is 46.0 Å². The number of allylic oxidation sites excluding steroid dienone is 2. The summed E-state index contributed by atoms with van der Waals surface area (Å²) in [6, 6.07) is 22.7. The molecule has 5 rings (SSSR count). The Labute approximate surface area is 292 Å². The van der Waals surface area contributed by atoms with E-state index in [1.165, 1.54) is 17.7 Å². The average Bonchev–Trinajstić information content (AvgIpc) is 3.42. The first-order valence-corrected chi connectivity index (χ1v) is 15.6. The second kappa shape index (κ2) is 14.4. The van der Waals surface area contributed by atoms with E-state index in [4.69, 9.17) is 13.5 Å². The molecular formula is C40H47IrN2O3-. The van der Waals surface area contributed by atoms with Gasteiger partial charge in [0.1, 0.15) is 5.76 Å². The number of nitrogens with zero attached hydrogens (tertiary/aromatic N) is 2. The molecule has 0 spiro atoms. The van der Waals surface area contributed by atoms with Crippen molar-refractivity contribution in [2.24, 2.45) is 10.8 Å². The molecule has 0 atom stereocenters. The number of furan rings is 1. The van der Waals surface area contributed by atoms with Crippen LogP contribution in [0.25, 0.3) is 44.5 Å². The number of aliphatic hydroxyl groups excluding tert-OH is 1. The Morgan fingerprint density at radius 3 is 2.26 bits per heavy atom. The fourth-order valence-electron chi connectivity index (χ4n) is 4.56. The Morgan fingerprint density at radius 2 is 1.65 bits per heavy atom. The number of benzene rings is 2. The molecule has 0 aliphatic rings. The molecule has 2 aromatic carbocycles. The summed E-state index contributed by atoms with van der Waals surface area (Å²) in [4.78, 5) is 20.8. The van der Waals surface area contributed by atoms with Gasteiger partial charge in [-0.15, -0.1) is 18.2 Å². The van der Waals surface area contributed by atoms with Crippen molar-refractivity contribution in [1.82, 2.24) is 9.97 Å². The summed E-state index contributed by atoms with van der Waals surface area (Å²) >= 11 is 0. The summed E-state index contributed by atoms with van der Waals surface area (Å²) in [6.45, 7) is 16.0. The number of carbonyl (C=O) groups excluding carboxylic acids is 1. The van der Waals surface area contributed by atoms with Gasteiger partial charge in [-0.05, 0) is 59.6 Å². The second-order valence-corrected chi connectivity index (χ2v) is 13.9. The van der Waals surface area contributed by atoms with E-state index < -0.39 is 6.85 Å². The maximum Gasteiger partial charge on any atom is 0.216 e. The first-order chi connectivity index (χ1) is 22.3. The van der Waals surface area contributed by atoms with Crippen LogP contribution >= 0.6 is 0 Å². The number of fused-ring (bicyclic) bond motifs is 3. The number of aliphatic hydroxyl groups is 1. The fourth-order valence-corrected chi connectivity index (χ4v) is 4.56. The molecule has 0 saturated heterocycles. The van der Waals surface area contributed by atoms with Crippen molar-refractivity contribution in [3.05, 3.63) is 96.0 Å². The van der Waals surface area contributed by atoms with Gasteiger partial charge < -0.3 is 14.5 Å². The Hall–Kier alpha value is -3.60. The van der Waals surface area contributed by atoms with Crippen LogP contribution in [0, 0.1) is 23.7 Å². The normalized spacial score (nSPS) is 13.7. The smallest absolute Gasteiger partial charge is 0.216 e. The predicted octanol–water partition coefficient (Wildman–Crippen LogP) is 11.0. The number of hydrogen-bond donors (Lipinski definition) is 1. The van der Waals surface area contributed by atoms with E-state index in [2.05, 4.69) is 56.1 Å². The van der Waals surface area contributed by atoms with Gasteiger partial charge in [0.2, 0.25) is 5.71 Å². The minimum Gasteiger partial charge on any atom is -0.512 e. The van der Waals surface area contributed by atoms with Gasteiger partial charge in [-0.1, -0.05) is 110 Å². The Kier molecular flexibility index (Phi) is 10.2. The van der Waals surface area contributed by atoms with Gasteiger partial charge >= 0.3 is 0 Å². The van der Waals surface area contributed by atoms with Crippen LogP contribution in [0.1, 0.15) is 90.5 Å². The molecule has 0 bridgehead atoms. The van der Waals surface area contributed by atoms with Crippen LogP contribution in [0.4, 0.5) is 0 Å². The Bertz CT molecular complexity index is 1950. The summed E-state index contributed by atoms with van der Waals surface area (Å²) in [6.07, 6.45) is 4.85. The Morgan fingerprint density at radius 1 is 0.935 bits per heavy atom. The quantitative estimate of drug-likeness (QED) is 0.101. The van der Waals surface area contributed by atoms with Crippen molar-refractivity contribution in [3.63, 3.8) is 0 Å². The van der Waals surface area contributed by atoms with Gasteiger partial charge in [-0.2, -0.15) is 0 Å². The van der Waals surface area contributed by atoms with Crippen LogP contribution in [0.2, 0.25) is 0 Å². The molecule has 5 aromatic rings. The van der Waals surface area contributed by atoms with Crippen LogP contribution in [0.5, 0.6) is 0 Å². The minimum atomic E-state index is -2.29. The summed E-state index contributed by atoms with van der Waals surface area (Å²) in [5, 5.41) is 11.5. The van der Waals surface area contributed by atoms with Crippen LogP contribution in [-0.4, -0.2) is 20.9 Å². The number of hydrogen-bond acceptors (Lipinski definition) is 5. The van der Waals surface area contributed by atoms with Crippen LogP contribution in [0.15, 0.2) is 83.1 Å². The predicted molar refractivity (Wildman–Crippen MR) is 186 cm³/mol. The molecule has 5 nitrogen and oxygen atoms in total. The van der Waals surface area contributed by atoms with E-state index in [0.29, 0.717) is 11.3 Å². The maximum atomic E-state index is 11.8. The van der Waals surface area contributed by atoms with E-state index in [1.54, 1.807) is 6.07 Å². The van der Waals surface area contributed by atoms with Gasteiger partial charge in [-0.3, -0.25) is 4.79 Å². The molecule has 0 amide bonds. The minimum absolute atomic E-state index is 0. The van der Waals surface area contributed by atoms with Gasteiger partial charge in [0.25, 0.3) is 0 Å². The molecule has 6 heteroatoms. The molecule has 0 saturated carbocycles. The number of rotatable bonds is 7. The first kappa shape index (κ1) is 32.3. The van der Waals surface area contributed by atoms with E-state index in [9.17, 15) is 9.90 Å². The molecule has 245 valence electrons. The van der Waals surface area contributed by atoms with Crippen LogP contribution in [-0.2, 0) is 30.3 Å². The second-order valence-electron chi connectivity index (χ2n) is 13.9. The molecule has 1 N–H and O–H groups in total. The number of pyridine rings is 2. The maximum absolute atomic E-state index is 11.8. The summed E-state index contributed by atoms with van der Waals surface area (Å²) in [5.41, 5.74) is 5.17. The molecule has 3 aromatic heterocycles. The third kappa shape index (κ3) is 8.21. The van der Waals surface area contributed by atoms with E-state index >= 15 is 0 Å². The van der Waals surface area contributed by atoms with Gasteiger partial charge in [-0.25, -0.2) is 4.98 Å². The monoisotopic (exact) mass is 799 g/mol. The Balaban J connectivity index is 0.000000347. The molecule has 1 radical (unpaired) electrons. The van der Waals surface area contributed by atoms with E-state index in [-0.39, 0.29) is 53.6 Å². The van der Waals surface area contributed by atoms with Crippen LogP contribution < -0.4 is 0 Å². The molecule has 0 unspecified atom stereocenters. The molecule has 3 heterocycles. The molecule has 0 aliphatic carbocycles. The molecule has 0 fully saturated rings. The molecule has 0 aliphatic heterocycles. The van der Waals surface area contributed by atoms with E-state index in [1.807, 2.05) is 72.0 Å². The van der Waals surface area contributed by atoms with Crippen molar-refractivity contribution in [2.75, 3.05) is 0 Å². The summed E-state index contributed by atoms with van der Waals surface area (Å²) < 4.78 is 28.8. The first-order valence-electron chi connectivity index (χ1n) is 17.1. The third-order valence-electron chi connectivity index (χ3n) is 8.78. The largest absolute Gasteiger partial charge is 0.512 e. The van der Waals surface area contributed by atoms with Gasteiger partial charge in [0.15, 0.2) is 5.78 Å². The molecule has 46 heavy (non-hydrogen) atoms. The van der Waals surface area contributed by atoms with Crippen LogP contribution in [0.3, 0.4) is 0 Å². The zero-order valence-corrected chi connectivity index (χ0v) is 30.7. The van der Waals surface area contributed by atoms with Crippen molar-refractivity contribution >= 4 is 27.9 Å². The van der Waals surface area contributed by atoms with Gasteiger partial charge in [0, 0.05) is 58.4 Å². The van der Waals surface area contributed by atoms with Crippen molar-refractivity contribution in [2.45, 2.75) is 87.4 Å². The van der Waals surface area contributed by atoms with Gasteiger partial charge in [0.05, 0.1) is 5.58 Å². The standard InChI is InChI=1S/C27H23N2O.C13H24O2.Ir/c1-17-11-13-22-21-9-6-10-23(25(21)30-26(22)29-17)24-14-12-19(16-28-24)18-7-5-8-20(15-18)27(2,3)4;1-7-12(3,4)10(14)9-11(15)13(5,6)8-2;/h5-9,11-16H,1-4H3;9,14H,7-8H2,1-6H3;/q-1;;/b;10-9-;/i1D3;;. The zero-order valence-electron chi connectivity index (χ0n) is 31.3. The fraction of sp³-hybridized carbons (Fsp3) is 0.375. The topological polar surface area (TPSA) is 76.2 Å². The summed E-state index contributed by atoms with van der Waals surface area (Å²) in [7, 11) is 0.